The molecule has 8 nitrogen and oxygen atoms in total. The van der Waals surface area contributed by atoms with E-state index in [4.69, 9.17) is 17.3 Å². The molecule has 0 radical (unpaired) electrons. The minimum absolute atomic E-state index is 0.110. The van der Waals surface area contributed by atoms with Gasteiger partial charge in [-0.2, -0.15) is 13.2 Å². The highest BCUT2D eigenvalue weighted by atomic mass is 35.5. The van der Waals surface area contributed by atoms with Crippen LogP contribution in [-0.4, -0.2) is 31.3 Å². The molecule has 33 heavy (non-hydrogen) atoms. The van der Waals surface area contributed by atoms with E-state index in [9.17, 15) is 13.2 Å². The Morgan fingerprint density at radius 2 is 1.94 bits per heavy atom. The van der Waals surface area contributed by atoms with Crippen molar-refractivity contribution in [3.05, 3.63) is 65.0 Å². The molecule has 1 aromatic carbocycles. The van der Waals surface area contributed by atoms with E-state index in [0.29, 0.717) is 29.7 Å². The van der Waals surface area contributed by atoms with Gasteiger partial charge in [-0.15, -0.1) is 10.2 Å². The van der Waals surface area contributed by atoms with E-state index in [1.807, 2.05) is 29.2 Å². The molecule has 0 spiro atoms. The minimum atomic E-state index is -4.53. The Hall–Kier alpha value is -3.60. The summed E-state index contributed by atoms with van der Waals surface area (Å²) in [5, 5.41) is 12.7. The number of hydrogen-bond acceptors (Lipinski definition) is 7. The molecule has 0 unspecified atom stereocenters. The number of pyridine rings is 2. The lowest BCUT2D eigenvalue weighted by Gasteiger charge is -2.29. The predicted molar refractivity (Wildman–Crippen MR) is 119 cm³/mol. The van der Waals surface area contributed by atoms with Gasteiger partial charge in [0.1, 0.15) is 11.6 Å². The first kappa shape index (κ1) is 21.3. The number of nitrogens with one attached hydrogen (secondary N) is 1. The number of aromatic nitrogens is 5. The lowest BCUT2D eigenvalue weighted by Crippen LogP contribution is -2.35. The lowest BCUT2D eigenvalue weighted by molar-refractivity contribution is -0.147. The standard InChI is InChI=1S/C21H18ClF3N8/c22-15-8-17(32-6-7-33-18(11-32)30-31-20(33)21(23,24)25)29-10-12(15)9-28-16-3-1-2-14-13(16)4-5-27-19(14)26/h1-5,8,10,28H,6-7,9,11H2,(H2,26,27). The van der Waals surface area contributed by atoms with Crippen LogP contribution in [0.2, 0.25) is 5.02 Å². The monoisotopic (exact) mass is 474 g/mol. The largest absolute Gasteiger partial charge is 0.451 e. The number of fused-ring (bicyclic) bond motifs is 2. The fraction of sp³-hybridized carbons (Fsp3) is 0.238. The number of hydrogen-bond donors (Lipinski definition) is 2. The second-order valence-corrected chi connectivity index (χ2v) is 8.00. The molecule has 4 aromatic rings. The number of rotatable bonds is 4. The van der Waals surface area contributed by atoms with Crippen molar-refractivity contribution in [2.75, 3.05) is 22.5 Å². The number of nitrogens with zero attached hydrogens (tertiary/aromatic N) is 6. The zero-order valence-corrected chi connectivity index (χ0v) is 17.9. The van der Waals surface area contributed by atoms with Gasteiger partial charge in [-0.1, -0.05) is 23.7 Å². The zero-order chi connectivity index (χ0) is 23.2. The molecule has 12 heteroatoms. The van der Waals surface area contributed by atoms with Gasteiger partial charge in [-0.3, -0.25) is 0 Å². The van der Waals surface area contributed by atoms with Gasteiger partial charge >= 0.3 is 6.18 Å². The molecule has 170 valence electrons. The van der Waals surface area contributed by atoms with Crippen molar-refractivity contribution in [3.63, 3.8) is 0 Å². The summed E-state index contributed by atoms with van der Waals surface area (Å²) >= 11 is 6.50. The molecule has 0 saturated carbocycles. The molecule has 0 amide bonds. The summed E-state index contributed by atoms with van der Waals surface area (Å²) in [7, 11) is 0. The summed E-state index contributed by atoms with van der Waals surface area (Å²) < 4.78 is 40.2. The van der Waals surface area contributed by atoms with Crippen LogP contribution in [0, 0.1) is 0 Å². The zero-order valence-electron chi connectivity index (χ0n) is 17.1. The van der Waals surface area contributed by atoms with Gasteiger partial charge < -0.3 is 20.5 Å². The van der Waals surface area contributed by atoms with Crippen LogP contribution in [0.25, 0.3) is 10.8 Å². The van der Waals surface area contributed by atoms with E-state index in [1.165, 1.54) is 0 Å². The Morgan fingerprint density at radius 3 is 2.73 bits per heavy atom. The van der Waals surface area contributed by atoms with E-state index in [1.54, 1.807) is 18.5 Å². The number of nitrogen functional groups attached to an aromatic ring is 1. The molecule has 3 N–H and O–H groups in total. The molecule has 0 bridgehead atoms. The highest BCUT2D eigenvalue weighted by molar-refractivity contribution is 6.31. The van der Waals surface area contributed by atoms with Gasteiger partial charge in [0.25, 0.3) is 0 Å². The van der Waals surface area contributed by atoms with Gasteiger partial charge in [-0.25, -0.2) is 9.97 Å². The predicted octanol–water partition coefficient (Wildman–Crippen LogP) is 4.11. The topological polar surface area (TPSA) is 97.8 Å². The van der Waals surface area contributed by atoms with E-state index in [2.05, 4.69) is 25.5 Å². The van der Waals surface area contributed by atoms with Crippen LogP contribution in [0.3, 0.4) is 0 Å². The van der Waals surface area contributed by atoms with E-state index in [-0.39, 0.29) is 18.9 Å². The first-order valence-corrected chi connectivity index (χ1v) is 10.4. The Kier molecular flexibility index (Phi) is 5.20. The molecule has 3 aromatic heterocycles. The Morgan fingerprint density at radius 1 is 1.09 bits per heavy atom. The fourth-order valence-electron chi connectivity index (χ4n) is 3.89. The molecule has 1 aliphatic rings. The first-order chi connectivity index (χ1) is 15.8. The SMILES string of the molecule is Nc1nccc2c(NCc3cnc(N4CCn5c(nnc5C(F)(F)F)C4)cc3Cl)cccc12. The third-order valence-corrected chi connectivity index (χ3v) is 5.90. The Balaban J connectivity index is 1.32. The van der Waals surface area contributed by atoms with Crippen molar-refractivity contribution in [1.82, 2.24) is 24.7 Å². The van der Waals surface area contributed by atoms with Crippen LogP contribution >= 0.6 is 11.6 Å². The summed E-state index contributed by atoms with van der Waals surface area (Å²) in [6.07, 6.45) is -1.22. The maximum absolute atomic E-state index is 13.0. The number of benzene rings is 1. The maximum Gasteiger partial charge on any atom is 0.451 e. The summed E-state index contributed by atoms with van der Waals surface area (Å²) in [6, 6.07) is 9.33. The van der Waals surface area contributed by atoms with Crippen LogP contribution in [0.15, 0.2) is 42.7 Å². The summed E-state index contributed by atoms with van der Waals surface area (Å²) in [6.45, 7) is 1.03. The summed E-state index contributed by atoms with van der Waals surface area (Å²) in [5.41, 5.74) is 7.62. The van der Waals surface area contributed by atoms with E-state index >= 15 is 0 Å². The average molecular weight is 475 g/mol. The highest BCUT2D eigenvalue weighted by Gasteiger charge is 2.39. The van der Waals surface area contributed by atoms with Gasteiger partial charge in [0, 0.05) is 54.1 Å². The number of halogens is 4. The molecule has 1 aliphatic heterocycles. The van der Waals surface area contributed by atoms with Crippen LogP contribution in [0.4, 0.5) is 30.5 Å². The molecule has 0 fully saturated rings. The Labute approximate surface area is 191 Å². The molecule has 0 aliphatic carbocycles. The molecular formula is C21H18ClF3N8. The first-order valence-electron chi connectivity index (χ1n) is 10.1. The average Bonchev–Trinajstić information content (AvgIpc) is 3.22. The molecule has 0 atom stereocenters. The molecule has 4 heterocycles. The Bertz CT molecular complexity index is 1340. The number of nitrogens with two attached hydrogens (primary N) is 1. The van der Waals surface area contributed by atoms with Crippen molar-refractivity contribution in [2.24, 2.45) is 0 Å². The second kappa shape index (κ2) is 8.07. The van der Waals surface area contributed by atoms with Crippen molar-refractivity contribution in [3.8, 4) is 0 Å². The van der Waals surface area contributed by atoms with Crippen molar-refractivity contribution in [1.29, 1.82) is 0 Å². The van der Waals surface area contributed by atoms with Crippen molar-refractivity contribution in [2.45, 2.75) is 25.8 Å². The third kappa shape index (κ3) is 3.99. The van der Waals surface area contributed by atoms with Crippen LogP contribution < -0.4 is 16.0 Å². The fourth-order valence-corrected chi connectivity index (χ4v) is 4.10. The van der Waals surface area contributed by atoms with Crippen LogP contribution in [0.1, 0.15) is 17.2 Å². The van der Waals surface area contributed by atoms with E-state index < -0.39 is 12.0 Å². The lowest BCUT2D eigenvalue weighted by atomic mass is 10.1. The van der Waals surface area contributed by atoms with Gasteiger partial charge in [0.15, 0.2) is 5.82 Å². The van der Waals surface area contributed by atoms with Crippen molar-refractivity contribution < 1.29 is 13.2 Å². The summed E-state index contributed by atoms with van der Waals surface area (Å²) in [5.74, 6) is 0.285. The molecular weight excluding hydrogens is 457 g/mol. The molecule has 5 rings (SSSR count). The maximum atomic E-state index is 13.0. The summed E-state index contributed by atoms with van der Waals surface area (Å²) in [4.78, 5) is 10.4. The quantitative estimate of drug-likeness (QED) is 0.459. The van der Waals surface area contributed by atoms with Crippen LogP contribution in [-0.2, 0) is 25.8 Å². The van der Waals surface area contributed by atoms with Crippen LogP contribution in [0.5, 0.6) is 0 Å². The highest BCUT2D eigenvalue weighted by Crippen LogP contribution is 2.31. The van der Waals surface area contributed by atoms with Gasteiger partial charge in [0.2, 0.25) is 5.82 Å². The molecule has 0 saturated heterocycles. The van der Waals surface area contributed by atoms with Gasteiger partial charge in [-0.05, 0) is 18.2 Å². The minimum Gasteiger partial charge on any atom is -0.383 e. The normalized spacial score (nSPS) is 13.9. The second-order valence-electron chi connectivity index (χ2n) is 7.60. The smallest absolute Gasteiger partial charge is 0.383 e. The third-order valence-electron chi connectivity index (χ3n) is 5.55. The van der Waals surface area contributed by atoms with E-state index in [0.717, 1.165) is 26.6 Å². The van der Waals surface area contributed by atoms with Gasteiger partial charge in [0.05, 0.1) is 11.6 Å². The number of anilines is 3. The van der Waals surface area contributed by atoms with Crippen molar-refractivity contribution >= 4 is 39.7 Å². The number of alkyl halides is 3.